The van der Waals surface area contributed by atoms with E-state index in [1.54, 1.807) is 54.1 Å². The van der Waals surface area contributed by atoms with Crippen molar-refractivity contribution in [2.45, 2.75) is 12.6 Å². The molecule has 0 saturated carbocycles. The summed E-state index contributed by atoms with van der Waals surface area (Å²) < 4.78 is 46.5. The van der Waals surface area contributed by atoms with Crippen LogP contribution >= 0.6 is 11.6 Å². The fraction of sp³-hybridized carbons (Fsp3) is 0.100. The van der Waals surface area contributed by atoms with Crippen molar-refractivity contribution in [2.75, 3.05) is 5.73 Å². The van der Waals surface area contributed by atoms with Crippen LogP contribution in [0.1, 0.15) is 16.8 Å². The second kappa shape index (κ2) is 11.1. The number of aromatic nitrogens is 4. The van der Waals surface area contributed by atoms with Gasteiger partial charge in [-0.05, 0) is 35.4 Å². The minimum Gasteiger partial charge on any atom is -0.424 e. The molecule has 0 aliphatic carbocycles. The molecule has 3 aromatic heterocycles. The van der Waals surface area contributed by atoms with Gasteiger partial charge in [0.25, 0.3) is 0 Å². The lowest BCUT2D eigenvalue weighted by Crippen LogP contribution is -2.14. The van der Waals surface area contributed by atoms with Gasteiger partial charge in [-0.1, -0.05) is 42.4 Å². The number of hydrogen-bond donors (Lipinski definition) is 2. The predicted molar refractivity (Wildman–Crippen MR) is 155 cm³/mol. The fourth-order valence-corrected chi connectivity index (χ4v) is 5.02. The number of hydrogen-bond acceptors (Lipinski definition) is 7. The molecule has 13 heteroatoms. The van der Waals surface area contributed by atoms with Crippen LogP contribution in [-0.2, 0) is 24.4 Å². The van der Waals surface area contributed by atoms with E-state index < -0.39 is 23.8 Å². The maximum Gasteiger partial charge on any atom is 0.433 e. The largest absolute Gasteiger partial charge is 0.433 e. The van der Waals surface area contributed by atoms with E-state index in [2.05, 4.69) is 27.6 Å². The van der Waals surface area contributed by atoms with Crippen LogP contribution in [-0.4, -0.2) is 25.4 Å². The molecule has 0 saturated heterocycles. The molecule has 0 spiro atoms. The van der Waals surface area contributed by atoms with E-state index in [0.717, 1.165) is 17.8 Å². The van der Waals surface area contributed by atoms with Crippen molar-refractivity contribution in [1.29, 1.82) is 5.26 Å². The molecular weight excluding hydrogens is 583 g/mol. The number of fused-ring (bicyclic) bond motifs is 1. The van der Waals surface area contributed by atoms with Crippen LogP contribution in [0, 0.1) is 11.3 Å². The Morgan fingerprint density at radius 3 is 2.51 bits per heavy atom. The van der Waals surface area contributed by atoms with E-state index >= 15 is 0 Å². The van der Waals surface area contributed by atoms with Crippen molar-refractivity contribution < 1.29 is 22.7 Å². The molecule has 5 aromatic rings. The van der Waals surface area contributed by atoms with Gasteiger partial charge >= 0.3 is 12.2 Å². The average Bonchev–Trinajstić information content (AvgIpc) is 3.27. The second-order valence-corrected chi connectivity index (χ2v) is 9.89. The van der Waals surface area contributed by atoms with E-state index in [-0.39, 0.29) is 29.1 Å². The number of amides is 1. The topological polar surface area (TPSA) is 146 Å². The zero-order valence-electron chi connectivity index (χ0n) is 22.4. The smallest absolute Gasteiger partial charge is 0.424 e. The highest BCUT2D eigenvalue weighted by Gasteiger charge is 2.33. The number of halogens is 4. The molecule has 0 radical (unpaired) electrons. The van der Waals surface area contributed by atoms with Crippen molar-refractivity contribution in [1.82, 2.24) is 19.5 Å². The number of carbonyl (C=O) groups is 1. The summed E-state index contributed by atoms with van der Waals surface area (Å²) in [5.74, 6) is -0.255. The monoisotopic (exact) mass is 603 g/mol. The number of rotatable bonds is 7. The maximum atomic E-state index is 13.1. The summed E-state index contributed by atoms with van der Waals surface area (Å²) in [6.45, 7) is 3.69. The average molecular weight is 604 g/mol. The number of alkyl halides is 3. The van der Waals surface area contributed by atoms with Crippen LogP contribution < -0.4 is 16.2 Å². The first-order valence-electron chi connectivity index (χ1n) is 12.5. The first-order chi connectivity index (χ1) is 20.4. The van der Waals surface area contributed by atoms with Gasteiger partial charge in [-0.25, -0.2) is 9.97 Å². The number of ether oxygens (including phenoxy) is 1. The van der Waals surface area contributed by atoms with Crippen LogP contribution in [0.2, 0.25) is 5.02 Å². The van der Waals surface area contributed by atoms with Crippen LogP contribution in [0.25, 0.3) is 33.3 Å². The zero-order chi connectivity index (χ0) is 31.1. The molecule has 2 aromatic carbocycles. The predicted octanol–water partition coefficient (Wildman–Crippen LogP) is 6.20. The van der Waals surface area contributed by atoms with Crippen LogP contribution in [0.15, 0.2) is 73.1 Å². The minimum atomic E-state index is -4.65. The number of nitrogens with zero attached hydrogens (tertiary/aromatic N) is 5. The Morgan fingerprint density at radius 1 is 1.16 bits per heavy atom. The quantitative estimate of drug-likeness (QED) is 0.211. The van der Waals surface area contributed by atoms with Gasteiger partial charge in [0.05, 0.1) is 27.2 Å². The molecule has 5 rings (SSSR count). The SMILES string of the molecule is C=C(Cc1ccc(-c2c(-c3ccc(Oc4nccc(C(F)(F)F)n4)cc3)c3c(N)ncc(C#N)c3n2C)c(Cl)c1)C(N)=O. The Kier molecular flexibility index (Phi) is 7.52. The highest BCUT2D eigenvalue weighted by atomic mass is 35.5. The zero-order valence-corrected chi connectivity index (χ0v) is 23.2. The molecule has 4 N–H and O–H groups in total. The van der Waals surface area contributed by atoms with Crippen molar-refractivity contribution in [3.05, 3.63) is 94.9 Å². The molecule has 3 heterocycles. The first kappa shape index (κ1) is 29.1. The lowest BCUT2D eigenvalue weighted by molar-refractivity contribution is -0.141. The van der Waals surface area contributed by atoms with Crippen molar-refractivity contribution in [3.8, 4) is 40.2 Å². The molecule has 0 atom stereocenters. The minimum absolute atomic E-state index is 0.175. The summed E-state index contributed by atoms with van der Waals surface area (Å²) in [5, 5.41) is 10.7. The molecule has 0 unspecified atom stereocenters. The van der Waals surface area contributed by atoms with Crippen molar-refractivity contribution in [3.63, 3.8) is 0 Å². The summed E-state index contributed by atoms with van der Waals surface area (Å²) in [4.78, 5) is 22.9. The Balaban J connectivity index is 1.63. The Labute approximate surface area is 247 Å². The summed E-state index contributed by atoms with van der Waals surface area (Å²) in [5.41, 5.74) is 14.8. The molecule has 1 amide bonds. The highest BCUT2D eigenvalue weighted by molar-refractivity contribution is 6.34. The number of nitrogens with two attached hydrogens (primary N) is 2. The van der Waals surface area contributed by atoms with Crippen LogP contribution in [0.4, 0.5) is 19.0 Å². The van der Waals surface area contributed by atoms with Gasteiger partial charge < -0.3 is 20.8 Å². The van der Waals surface area contributed by atoms with Crippen molar-refractivity contribution >= 4 is 34.2 Å². The first-order valence-corrected chi connectivity index (χ1v) is 12.9. The van der Waals surface area contributed by atoms with Crippen molar-refractivity contribution in [2.24, 2.45) is 12.8 Å². The lowest BCUT2D eigenvalue weighted by atomic mass is 9.96. The van der Waals surface area contributed by atoms with E-state index in [9.17, 15) is 23.2 Å². The van der Waals surface area contributed by atoms with Gasteiger partial charge in [0, 0.05) is 42.6 Å². The van der Waals surface area contributed by atoms with Crippen LogP contribution in [0.5, 0.6) is 11.8 Å². The number of carbonyl (C=O) groups excluding carboxylic acids is 1. The number of pyridine rings is 1. The number of aryl methyl sites for hydroxylation is 1. The Bertz CT molecular complexity index is 1960. The maximum absolute atomic E-state index is 13.1. The summed E-state index contributed by atoms with van der Waals surface area (Å²) in [6.07, 6.45) is -2.09. The number of primary amides is 1. The molecule has 0 aliphatic rings. The Morgan fingerprint density at radius 2 is 1.88 bits per heavy atom. The molecule has 0 fully saturated rings. The van der Waals surface area contributed by atoms with E-state index in [1.165, 1.54) is 6.20 Å². The third kappa shape index (κ3) is 5.58. The molecular formula is C30H21ClF3N7O2. The summed E-state index contributed by atoms with van der Waals surface area (Å²) >= 11 is 6.77. The molecule has 216 valence electrons. The third-order valence-corrected chi connectivity index (χ3v) is 7.00. The van der Waals surface area contributed by atoms with Gasteiger partial charge in [0.2, 0.25) is 5.91 Å². The van der Waals surface area contributed by atoms with Crippen LogP contribution in [0.3, 0.4) is 0 Å². The number of nitriles is 1. The number of benzene rings is 2. The van der Waals surface area contributed by atoms with Gasteiger partial charge in [-0.3, -0.25) is 4.79 Å². The molecule has 9 nitrogen and oxygen atoms in total. The standard InChI is InChI=1S/C30H21ClF3N7O2/c1-15(28(37)42)11-16-3-8-20(21(31)12-16)26-23(24-25(41(26)2)18(13-35)14-39-27(24)36)17-4-6-19(7-5-17)43-29-38-10-9-22(40-29)30(32,33)34/h3-10,12,14H,1,11H2,2H3,(H2,36,39)(H2,37,42). The van der Waals surface area contributed by atoms with Gasteiger partial charge in [0.15, 0.2) is 5.69 Å². The van der Waals surface area contributed by atoms with E-state index in [0.29, 0.717) is 38.3 Å². The number of nitrogen functional groups attached to an aromatic ring is 1. The van der Waals surface area contributed by atoms with Gasteiger partial charge in [-0.2, -0.15) is 23.4 Å². The third-order valence-electron chi connectivity index (χ3n) is 6.69. The Hall–Kier alpha value is -5.41. The van der Waals surface area contributed by atoms with E-state index in [1.807, 2.05) is 0 Å². The normalized spacial score (nSPS) is 11.3. The fourth-order valence-electron chi connectivity index (χ4n) is 4.72. The van der Waals surface area contributed by atoms with Gasteiger partial charge in [-0.15, -0.1) is 0 Å². The van der Waals surface area contributed by atoms with Gasteiger partial charge in [0.1, 0.15) is 17.6 Å². The molecule has 43 heavy (non-hydrogen) atoms. The lowest BCUT2D eigenvalue weighted by Gasteiger charge is -2.13. The highest BCUT2D eigenvalue weighted by Crippen LogP contribution is 2.45. The number of anilines is 1. The molecule has 0 aliphatic heterocycles. The summed E-state index contributed by atoms with van der Waals surface area (Å²) in [6, 6.07) is 14.1. The summed E-state index contributed by atoms with van der Waals surface area (Å²) in [7, 11) is 1.77. The second-order valence-electron chi connectivity index (χ2n) is 9.48. The van der Waals surface area contributed by atoms with E-state index in [4.69, 9.17) is 27.8 Å². The molecule has 0 bridgehead atoms.